The maximum atomic E-state index is 12.5. The highest BCUT2D eigenvalue weighted by atomic mass is 16.5. The molecule has 158 valence electrons. The molecule has 5 heteroatoms. The highest BCUT2D eigenvalue weighted by Crippen LogP contribution is 2.30. The lowest BCUT2D eigenvalue weighted by Crippen LogP contribution is -2.13. The van der Waals surface area contributed by atoms with Crippen LogP contribution in [0.5, 0.6) is 5.75 Å². The molecule has 1 amide bonds. The molecule has 2 aromatic carbocycles. The summed E-state index contributed by atoms with van der Waals surface area (Å²) in [7, 11) is 0. The van der Waals surface area contributed by atoms with Crippen molar-refractivity contribution in [2.75, 3.05) is 11.9 Å². The fraction of sp³-hybridized carbons (Fsp3) is 0.360. The van der Waals surface area contributed by atoms with E-state index in [0.717, 1.165) is 23.5 Å². The maximum Gasteiger partial charge on any atom is 0.303 e. The predicted octanol–water partition coefficient (Wildman–Crippen LogP) is 5.31. The summed E-state index contributed by atoms with van der Waals surface area (Å²) in [5, 5.41) is 11.6. The molecule has 30 heavy (non-hydrogen) atoms. The molecule has 0 atom stereocenters. The first kappa shape index (κ1) is 21.6. The summed E-state index contributed by atoms with van der Waals surface area (Å²) in [6.45, 7) is 2.20. The van der Waals surface area contributed by atoms with Crippen molar-refractivity contribution in [3.8, 4) is 5.75 Å². The number of hydrogen-bond donors (Lipinski definition) is 2. The Balaban J connectivity index is 1.57. The van der Waals surface area contributed by atoms with Gasteiger partial charge in [0.25, 0.3) is 0 Å². The monoisotopic (exact) mass is 407 g/mol. The van der Waals surface area contributed by atoms with Crippen LogP contribution in [0.2, 0.25) is 0 Å². The number of amides is 1. The van der Waals surface area contributed by atoms with Crippen LogP contribution in [0.25, 0.3) is 5.57 Å². The molecule has 5 nitrogen and oxygen atoms in total. The Morgan fingerprint density at radius 2 is 1.87 bits per heavy atom. The lowest BCUT2D eigenvalue weighted by atomic mass is 9.81. The third kappa shape index (κ3) is 6.48. The first-order chi connectivity index (χ1) is 14.5. The van der Waals surface area contributed by atoms with Crippen LogP contribution < -0.4 is 10.1 Å². The van der Waals surface area contributed by atoms with Gasteiger partial charge in [-0.25, -0.2) is 0 Å². The van der Waals surface area contributed by atoms with Crippen molar-refractivity contribution in [1.82, 2.24) is 0 Å². The minimum atomic E-state index is -0.850. The zero-order chi connectivity index (χ0) is 21.3. The standard InChI is InChI=1S/C25H29NO4/c1-18(21-13-11-20(12-14-21)17-19-6-4-7-19)16-24(27)26-22-8-2-3-9-23(22)30-15-5-10-25(28)29/h2-3,8-9,11-14,16,19H,4-7,10,15,17H2,1H3,(H,26,27)(H,28,29)/b18-16+. The van der Waals surface area contributed by atoms with Crippen LogP contribution in [0.1, 0.15) is 50.2 Å². The van der Waals surface area contributed by atoms with Gasteiger partial charge in [0.15, 0.2) is 0 Å². The summed E-state index contributed by atoms with van der Waals surface area (Å²) in [6, 6.07) is 15.6. The van der Waals surface area contributed by atoms with Gasteiger partial charge in [-0.1, -0.05) is 55.7 Å². The molecular formula is C25H29NO4. The van der Waals surface area contributed by atoms with Crippen molar-refractivity contribution in [1.29, 1.82) is 0 Å². The zero-order valence-electron chi connectivity index (χ0n) is 17.4. The van der Waals surface area contributed by atoms with Gasteiger partial charge < -0.3 is 15.2 Å². The number of ether oxygens (including phenoxy) is 1. The third-order valence-electron chi connectivity index (χ3n) is 5.44. The van der Waals surface area contributed by atoms with Gasteiger partial charge in [0.05, 0.1) is 12.3 Å². The maximum absolute atomic E-state index is 12.5. The zero-order valence-corrected chi connectivity index (χ0v) is 17.4. The van der Waals surface area contributed by atoms with Gasteiger partial charge in [0, 0.05) is 12.5 Å². The fourth-order valence-electron chi connectivity index (χ4n) is 3.48. The predicted molar refractivity (Wildman–Crippen MR) is 119 cm³/mol. The molecule has 0 aromatic heterocycles. The van der Waals surface area contributed by atoms with E-state index >= 15 is 0 Å². The van der Waals surface area contributed by atoms with Crippen LogP contribution >= 0.6 is 0 Å². The largest absolute Gasteiger partial charge is 0.491 e. The highest BCUT2D eigenvalue weighted by molar-refractivity contribution is 6.04. The topological polar surface area (TPSA) is 75.6 Å². The van der Waals surface area contributed by atoms with Gasteiger partial charge in [0.2, 0.25) is 5.91 Å². The summed E-state index contributed by atoms with van der Waals surface area (Å²) < 4.78 is 5.64. The van der Waals surface area contributed by atoms with Crippen molar-refractivity contribution in [2.45, 2.75) is 45.4 Å². The van der Waals surface area contributed by atoms with Gasteiger partial charge in [-0.2, -0.15) is 0 Å². The summed E-state index contributed by atoms with van der Waals surface area (Å²) in [5.74, 6) is 0.289. The molecule has 1 fully saturated rings. The molecule has 1 saturated carbocycles. The third-order valence-corrected chi connectivity index (χ3v) is 5.44. The average molecular weight is 408 g/mol. The summed E-state index contributed by atoms with van der Waals surface area (Å²) in [6.07, 6.45) is 7.23. The number of anilines is 1. The van der Waals surface area contributed by atoms with Gasteiger partial charge in [-0.15, -0.1) is 0 Å². The second-order valence-electron chi connectivity index (χ2n) is 7.86. The molecule has 0 spiro atoms. The first-order valence-electron chi connectivity index (χ1n) is 10.5. The second kappa shape index (κ2) is 10.6. The number of benzene rings is 2. The lowest BCUT2D eigenvalue weighted by Gasteiger charge is -2.25. The van der Waals surface area contributed by atoms with E-state index in [-0.39, 0.29) is 18.9 Å². The van der Waals surface area contributed by atoms with E-state index in [4.69, 9.17) is 9.84 Å². The molecule has 0 heterocycles. The summed E-state index contributed by atoms with van der Waals surface area (Å²) in [4.78, 5) is 23.1. The van der Waals surface area contributed by atoms with Gasteiger partial charge >= 0.3 is 5.97 Å². The van der Waals surface area contributed by atoms with Crippen LogP contribution in [0.4, 0.5) is 5.69 Å². The Labute approximate surface area is 177 Å². The molecule has 0 radical (unpaired) electrons. The Kier molecular flexibility index (Phi) is 7.66. The van der Waals surface area contributed by atoms with Crippen molar-refractivity contribution in [3.63, 3.8) is 0 Å². The van der Waals surface area contributed by atoms with Crippen molar-refractivity contribution >= 4 is 23.1 Å². The van der Waals surface area contributed by atoms with Crippen LogP contribution in [0.15, 0.2) is 54.6 Å². The van der Waals surface area contributed by atoms with E-state index < -0.39 is 5.97 Å². The van der Waals surface area contributed by atoms with Crippen LogP contribution in [-0.2, 0) is 16.0 Å². The average Bonchev–Trinajstić information content (AvgIpc) is 2.69. The number of carboxylic acids is 1. The Bertz CT molecular complexity index is 898. The number of carbonyl (C=O) groups excluding carboxylic acids is 1. The molecule has 0 bridgehead atoms. The van der Waals surface area contributed by atoms with E-state index in [0.29, 0.717) is 17.9 Å². The molecule has 1 aliphatic carbocycles. The Hall–Kier alpha value is -3.08. The SMILES string of the molecule is C/C(=C\C(=O)Nc1ccccc1OCCCC(=O)O)c1ccc(CC2CCC2)cc1. The smallest absolute Gasteiger partial charge is 0.303 e. The number of nitrogens with one attached hydrogen (secondary N) is 1. The van der Waals surface area contributed by atoms with E-state index in [1.165, 1.54) is 24.8 Å². The number of allylic oxidation sites excluding steroid dienone is 1. The Morgan fingerprint density at radius 3 is 2.53 bits per heavy atom. The molecule has 1 aliphatic rings. The molecule has 2 N–H and O–H groups in total. The number of aliphatic carboxylic acids is 1. The quantitative estimate of drug-likeness (QED) is 0.413. The van der Waals surface area contributed by atoms with E-state index in [9.17, 15) is 9.59 Å². The van der Waals surface area contributed by atoms with E-state index in [1.807, 2.05) is 19.1 Å². The summed E-state index contributed by atoms with van der Waals surface area (Å²) in [5.41, 5.74) is 3.84. The van der Waals surface area contributed by atoms with E-state index in [1.54, 1.807) is 18.2 Å². The minimum Gasteiger partial charge on any atom is -0.491 e. The number of rotatable bonds is 10. The fourth-order valence-corrected chi connectivity index (χ4v) is 3.48. The van der Waals surface area contributed by atoms with Crippen molar-refractivity contribution in [3.05, 3.63) is 65.7 Å². The minimum absolute atomic E-state index is 0.0515. The number of hydrogen-bond acceptors (Lipinski definition) is 3. The molecule has 0 unspecified atom stereocenters. The highest BCUT2D eigenvalue weighted by Gasteiger charge is 2.17. The normalized spacial score (nSPS) is 14.1. The number of para-hydroxylation sites is 2. The summed E-state index contributed by atoms with van der Waals surface area (Å²) >= 11 is 0. The van der Waals surface area contributed by atoms with Gasteiger partial charge in [-0.3, -0.25) is 9.59 Å². The van der Waals surface area contributed by atoms with Crippen LogP contribution in [-0.4, -0.2) is 23.6 Å². The van der Waals surface area contributed by atoms with Crippen LogP contribution in [0, 0.1) is 5.92 Å². The molecule has 0 saturated heterocycles. The van der Waals surface area contributed by atoms with Gasteiger partial charge in [-0.05, 0) is 54.5 Å². The lowest BCUT2D eigenvalue weighted by molar-refractivity contribution is -0.137. The van der Waals surface area contributed by atoms with Crippen molar-refractivity contribution in [2.24, 2.45) is 5.92 Å². The van der Waals surface area contributed by atoms with E-state index in [2.05, 4.69) is 29.6 Å². The van der Waals surface area contributed by atoms with Gasteiger partial charge in [0.1, 0.15) is 5.75 Å². The number of carbonyl (C=O) groups is 2. The molecule has 3 rings (SSSR count). The van der Waals surface area contributed by atoms with Crippen LogP contribution in [0.3, 0.4) is 0 Å². The van der Waals surface area contributed by atoms with Crippen molar-refractivity contribution < 1.29 is 19.4 Å². The Morgan fingerprint density at radius 1 is 1.13 bits per heavy atom. The number of carboxylic acid groups (broad SMARTS) is 1. The molecule has 2 aromatic rings. The first-order valence-corrected chi connectivity index (χ1v) is 10.5. The molecular weight excluding hydrogens is 378 g/mol. The molecule has 0 aliphatic heterocycles. The second-order valence-corrected chi connectivity index (χ2v) is 7.86.